The van der Waals surface area contributed by atoms with Crippen molar-refractivity contribution in [3.05, 3.63) is 58.1 Å². The number of nitrogen functional groups attached to an aromatic ring is 1. The molecule has 4 nitrogen and oxygen atoms in total. The molecule has 21 heavy (non-hydrogen) atoms. The van der Waals surface area contributed by atoms with Crippen LogP contribution in [0.2, 0.25) is 0 Å². The fraction of sp³-hybridized carbons (Fsp3) is 0.188. The third kappa shape index (κ3) is 3.76. The summed E-state index contributed by atoms with van der Waals surface area (Å²) in [5, 5.41) is 0. The number of ether oxygens (including phenoxy) is 1. The Labute approximate surface area is 132 Å². The lowest BCUT2D eigenvalue weighted by atomic mass is 10.1. The Kier molecular flexibility index (Phi) is 4.85. The monoisotopic (exact) mass is 348 g/mol. The highest BCUT2D eigenvalue weighted by Gasteiger charge is 2.13. The largest absolute Gasteiger partial charge is 0.495 e. The average molecular weight is 349 g/mol. The molecule has 2 rings (SSSR count). The zero-order valence-corrected chi connectivity index (χ0v) is 13.6. The summed E-state index contributed by atoms with van der Waals surface area (Å²) in [4.78, 5) is 14.0. The highest BCUT2D eigenvalue weighted by Crippen LogP contribution is 2.23. The number of amides is 1. The van der Waals surface area contributed by atoms with Crippen LogP contribution < -0.4 is 10.5 Å². The molecule has 0 saturated carbocycles. The van der Waals surface area contributed by atoms with Gasteiger partial charge in [0.25, 0.3) is 5.91 Å². The third-order valence-corrected chi connectivity index (χ3v) is 3.69. The number of benzene rings is 2. The lowest BCUT2D eigenvalue weighted by Crippen LogP contribution is -2.26. The number of rotatable bonds is 4. The van der Waals surface area contributed by atoms with Gasteiger partial charge < -0.3 is 15.4 Å². The van der Waals surface area contributed by atoms with Crippen LogP contribution in [-0.2, 0) is 6.54 Å². The molecule has 0 atom stereocenters. The van der Waals surface area contributed by atoms with Crippen molar-refractivity contribution < 1.29 is 9.53 Å². The second-order valence-corrected chi connectivity index (χ2v) is 5.66. The van der Waals surface area contributed by atoms with Gasteiger partial charge in [-0.2, -0.15) is 0 Å². The first kappa shape index (κ1) is 15.4. The summed E-state index contributed by atoms with van der Waals surface area (Å²) >= 11 is 3.39. The summed E-state index contributed by atoms with van der Waals surface area (Å²) in [5.41, 5.74) is 7.91. The first-order valence-corrected chi connectivity index (χ1v) is 7.24. The maximum atomic E-state index is 12.4. The Morgan fingerprint density at radius 2 is 1.90 bits per heavy atom. The minimum absolute atomic E-state index is 0.0766. The van der Waals surface area contributed by atoms with E-state index >= 15 is 0 Å². The number of hydrogen-bond donors (Lipinski definition) is 1. The first-order valence-electron chi connectivity index (χ1n) is 6.44. The van der Waals surface area contributed by atoms with Crippen LogP contribution in [0.1, 0.15) is 15.9 Å². The van der Waals surface area contributed by atoms with Crippen LogP contribution in [0.4, 0.5) is 5.69 Å². The molecule has 0 bridgehead atoms. The summed E-state index contributed by atoms with van der Waals surface area (Å²) in [6.07, 6.45) is 0. The number of nitrogens with two attached hydrogens (primary N) is 1. The normalized spacial score (nSPS) is 10.2. The molecule has 2 aromatic carbocycles. The Morgan fingerprint density at radius 1 is 1.24 bits per heavy atom. The molecule has 1 amide bonds. The van der Waals surface area contributed by atoms with Crippen molar-refractivity contribution in [2.75, 3.05) is 19.9 Å². The van der Waals surface area contributed by atoms with E-state index in [1.807, 2.05) is 24.3 Å². The number of methoxy groups -OCH3 is 1. The van der Waals surface area contributed by atoms with E-state index in [0.29, 0.717) is 23.5 Å². The second kappa shape index (κ2) is 6.63. The fourth-order valence-corrected chi connectivity index (χ4v) is 2.29. The van der Waals surface area contributed by atoms with Crippen molar-refractivity contribution in [1.29, 1.82) is 0 Å². The van der Waals surface area contributed by atoms with Crippen molar-refractivity contribution >= 4 is 27.5 Å². The maximum absolute atomic E-state index is 12.4. The fourth-order valence-electron chi connectivity index (χ4n) is 2.02. The number of halogens is 1. The standard InChI is InChI=1S/C16H17BrN2O2/c1-19(10-11-3-6-13(17)7-4-11)16(20)12-5-8-15(21-2)14(18)9-12/h3-9H,10,18H2,1-2H3. The SMILES string of the molecule is COc1ccc(C(=O)N(C)Cc2ccc(Br)cc2)cc1N. The van der Waals surface area contributed by atoms with E-state index in [0.717, 1.165) is 10.0 Å². The number of carbonyl (C=O) groups is 1. The van der Waals surface area contributed by atoms with Gasteiger partial charge in [-0.1, -0.05) is 28.1 Å². The number of anilines is 1. The lowest BCUT2D eigenvalue weighted by Gasteiger charge is -2.18. The van der Waals surface area contributed by atoms with E-state index in [9.17, 15) is 4.79 Å². The van der Waals surface area contributed by atoms with Gasteiger partial charge in [0.1, 0.15) is 5.75 Å². The quantitative estimate of drug-likeness (QED) is 0.862. The van der Waals surface area contributed by atoms with E-state index in [2.05, 4.69) is 15.9 Å². The molecule has 0 unspecified atom stereocenters. The van der Waals surface area contributed by atoms with Gasteiger partial charge in [-0.25, -0.2) is 0 Å². The molecule has 110 valence electrons. The number of carbonyl (C=O) groups excluding carboxylic acids is 1. The van der Waals surface area contributed by atoms with Gasteiger partial charge in [0.15, 0.2) is 0 Å². The van der Waals surface area contributed by atoms with E-state index in [-0.39, 0.29) is 5.91 Å². The van der Waals surface area contributed by atoms with Gasteiger partial charge in [-0.15, -0.1) is 0 Å². The molecule has 0 spiro atoms. The molecule has 5 heteroatoms. The van der Waals surface area contributed by atoms with E-state index in [1.54, 1.807) is 37.3 Å². The van der Waals surface area contributed by atoms with Crippen LogP contribution >= 0.6 is 15.9 Å². The molecule has 0 radical (unpaired) electrons. The van der Waals surface area contributed by atoms with E-state index in [4.69, 9.17) is 10.5 Å². The molecule has 2 aromatic rings. The van der Waals surface area contributed by atoms with Crippen LogP contribution in [0.5, 0.6) is 5.75 Å². The first-order chi connectivity index (χ1) is 10.0. The predicted molar refractivity (Wildman–Crippen MR) is 87.3 cm³/mol. The molecule has 0 saturated heterocycles. The Hall–Kier alpha value is -2.01. The average Bonchev–Trinajstić information content (AvgIpc) is 2.48. The predicted octanol–water partition coefficient (Wildman–Crippen LogP) is 3.31. The topological polar surface area (TPSA) is 55.6 Å². The van der Waals surface area contributed by atoms with Gasteiger partial charge in [-0.3, -0.25) is 4.79 Å². The van der Waals surface area contributed by atoms with E-state index < -0.39 is 0 Å². The summed E-state index contributed by atoms with van der Waals surface area (Å²) in [6, 6.07) is 12.9. The van der Waals surface area contributed by atoms with Gasteiger partial charge in [0.05, 0.1) is 12.8 Å². The van der Waals surface area contributed by atoms with Crippen LogP contribution in [0.3, 0.4) is 0 Å². The molecule has 0 aromatic heterocycles. The van der Waals surface area contributed by atoms with Crippen molar-refractivity contribution in [3.63, 3.8) is 0 Å². The summed E-state index contributed by atoms with van der Waals surface area (Å²) in [7, 11) is 3.32. The summed E-state index contributed by atoms with van der Waals surface area (Å²) in [6.45, 7) is 0.540. The van der Waals surface area contributed by atoms with Gasteiger partial charge in [-0.05, 0) is 35.9 Å². The summed E-state index contributed by atoms with van der Waals surface area (Å²) in [5.74, 6) is 0.495. The maximum Gasteiger partial charge on any atom is 0.253 e. The number of nitrogens with zero attached hydrogens (tertiary/aromatic N) is 1. The van der Waals surface area contributed by atoms with Crippen LogP contribution in [0, 0.1) is 0 Å². The highest BCUT2D eigenvalue weighted by molar-refractivity contribution is 9.10. The molecule has 0 aliphatic carbocycles. The van der Waals surface area contributed by atoms with Gasteiger partial charge in [0.2, 0.25) is 0 Å². The highest BCUT2D eigenvalue weighted by atomic mass is 79.9. The van der Waals surface area contributed by atoms with Crippen molar-refractivity contribution in [3.8, 4) is 5.75 Å². The zero-order chi connectivity index (χ0) is 15.4. The smallest absolute Gasteiger partial charge is 0.253 e. The third-order valence-electron chi connectivity index (χ3n) is 3.16. The molecular formula is C16H17BrN2O2. The minimum Gasteiger partial charge on any atom is -0.495 e. The minimum atomic E-state index is -0.0766. The molecule has 0 aliphatic heterocycles. The van der Waals surface area contributed by atoms with E-state index in [1.165, 1.54) is 0 Å². The molecule has 0 fully saturated rings. The lowest BCUT2D eigenvalue weighted by molar-refractivity contribution is 0.0785. The van der Waals surface area contributed by atoms with Crippen LogP contribution in [0.25, 0.3) is 0 Å². The molecule has 2 N–H and O–H groups in total. The molecule has 0 aliphatic rings. The zero-order valence-electron chi connectivity index (χ0n) is 12.0. The van der Waals surface area contributed by atoms with Crippen LogP contribution in [-0.4, -0.2) is 25.0 Å². The Bertz CT molecular complexity index is 641. The van der Waals surface area contributed by atoms with Crippen molar-refractivity contribution in [1.82, 2.24) is 4.90 Å². The van der Waals surface area contributed by atoms with Gasteiger partial charge >= 0.3 is 0 Å². The Morgan fingerprint density at radius 3 is 2.48 bits per heavy atom. The summed E-state index contributed by atoms with van der Waals surface area (Å²) < 4.78 is 6.11. The van der Waals surface area contributed by atoms with Gasteiger partial charge in [0, 0.05) is 23.6 Å². The molecule has 0 heterocycles. The van der Waals surface area contributed by atoms with Crippen LogP contribution in [0.15, 0.2) is 46.9 Å². The Balaban J connectivity index is 2.11. The van der Waals surface area contributed by atoms with Crippen molar-refractivity contribution in [2.24, 2.45) is 0 Å². The van der Waals surface area contributed by atoms with Crippen molar-refractivity contribution in [2.45, 2.75) is 6.54 Å². The molecular weight excluding hydrogens is 332 g/mol. The second-order valence-electron chi connectivity index (χ2n) is 4.74. The number of hydrogen-bond acceptors (Lipinski definition) is 3.